The Labute approximate surface area is 166 Å². The predicted molar refractivity (Wildman–Crippen MR) is 100 cm³/mol. The third kappa shape index (κ3) is 5.73. The first-order valence-corrected chi connectivity index (χ1v) is 10.2. The van der Waals surface area contributed by atoms with Crippen molar-refractivity contribution in [3.8, 4) is 0 Å². The Balaban J connectivity index is 1.51. The SMILES string of the molecule is [2H][C@@]1(C(=O)O[C@@H](C)CC(=O)OCC)C[C@H]2C[C@@H](CCc3nn[nH]n3)CC[C@H]2CN1. The van der Waals surface area contributed by atoms with Gasteiger partial charge >= 0.3 is 11.9 Å². The molecule has 1 saturated carbocycles. The van der Waals surface area contributed by atoms with Gasteiger partial charge in [-0.3, -0.25) is 9.59 Å². The minimum atomic E-state index is -1.46. The van der Waals surface area contributed by atoms with Crippen molar-refractivity contribution in [2.75, 3.05) is 13.2 Å². The molecule has 1 aromatic rings. The molecule has 0 aromatic carbocycles. The summed E-state index contributed by atoms with van der Waals surface area (Å²) in [6.07, 6.45) is 4.83. The van der Waals surface area contributed by atoms with Crippen LogP contribution in [0, 0.1) is 17.8 Å². The van der Waals surface area contributed by atoms with Gasteiger partial charge < -0.3 is 14.8 Å². The van der Waals surface area contributed by atoms with Crippen LogP contribution in [0.3, 0.4) is 0 Å². The molecule has 0 amide bonds. The van der Waals surface area contributed by atoms with Gasteiger partial charge in [0.05, 0.1) is 14.4 Å². The van der Waals surface area contributed by atoms with Crippen molar-refractivity contribution in [2.24, 2.45) is 17.8 Å². The number of hydrogen-bond acceptors (Lipinski definition) is 8. The second-order valence-corrected chi connectivity index (χ2v) is 7.85. The van der Waals surface area contributed by atoms with Crippen LogP contribution in [0.25, 0.3) is 0 Å². The zero-order chi connectivity index (χ0) is 20.9. The number of H-pyrrole nitrogens is 1. The quantitative estimate of drug-likeness (QED) is 0.635. The van der Waals surface area contributed by atoms with E-state index in [0.717, 1.165) is 37.9 Å². The number of piperidine rings is 1. The summed E-state index contributed by atoms with van der Waals surface area (Å²) in [6.45, 7) is 4.32. The van der Waals surface area contributed by atoms with Crippen molar-refractivity contribution in [2.45, 2.75) is 70.9 Å². The lowest BCUT2D eigenvalue weighted by Crippen LogP contribution is -2.50. The zero-order valence-electron chi connectivity index (χ0n) is 17.6. The number of fused-ring (bicyclic) bond motifs is 1. The average molecular weight is 394 g/mol. The molecule has 0 radical (unpaired) electrons. The Morgan fingerprint density at radius 3 is 2.93 bits per heavy atom. The maximum absolute atomic E-state index is 12.7. The highest BCUT2D eigenvalue weighted by Crippen LogP contribution is 2.40. The van der Waals surface area contributed by atoms with Gasteiger partial charge in [-0.25, -0.2) is 0 Å². The third-order valence-corrected chi connectivity index (χ3v) is 5.77. The van der Waals surface area contributed by atoms with E-state index in [1.165, 1.54) is 0 Å². The average Bonchev–Trinajstić information content (AvgIpc) is 3.19. The number of aryl methyl sites for hydroxylation is 1. The van der Waals surface area contributed by atoms with Gasteiger partial charge in [-0.15, -0.1) is 10.2 Å². The largest absolute Gasteiger partial charge is 0.466 e. The van der Waals surface area contributed by atoms with E-state index in [-0.39, 0.29) is 6.42 Å². The fraction of sp³-hybridized carbons (Fsp3) is 0.842. The number of aromatic nitrogens is 4. The van der Waals surface area contributed by atoms with Crippen molar-refractivity contribution >= 4 is 11.9 Å². The van der Waals surface area contributed by atoms with Crippen molar-refractivity contribution in [3.63, 3.8) is 0 Å². The Hall–Kier alpha value is -2.03. The topological polar surface area (TPSA) is 119 Å². The lowest BCUT2D eigenvalue weighted by atomic mass is 9.69. The highest BCUT2D eigenvalue weighted by Gasteiger charge is 2.38. The Morgan fingerprint density at radius 2 is 2.18 bits per heavy atom. The Bertz CT molecular complexity index is 688. The maximum Gasteiger partial charge on any atom is 0.323 e. The summed E-state index contributed by atoms with van der Waals surface area (Å²) in [6, 6.07) is -1.46. The fourth-order valence-electron chi connectivity index (χ4n) is 4.32. The van der Waals surface area contributed by atoms with Crippen LogP contribution < -0.4 is 5.32 Å². The lowest BCUT2D eigenvalue weighted by Gasteiger charge is -2.42. The number of ether oxygens (including phenoxy) is 2. The van der Waals surface area contributed by atoms with Gasteiger partial charge in [0.1, 0.15) is 12.1 Å². The molecule has 156 valence electrons. The summed E-state index contributed by atoms with van der Waals surface area (Å²) < 4.78 is 18.9. The molecule has 0 unspecified atom stereocenters. The highest BCUT2D eigenvalue weighted by atomic mass is 16.6. The number of tetrazole rings is 1. The molecule has 0 spiro atoms. The molecule has 0 bridgehead atoms. The minimum Gasteiger partial charge on any atom is -0.466 e. The summed E-state index contributed by atoms with van der Waals surface area (Å²) in [7, 11) is 0. The smallest absolute Gasteiger partial charge is 0.323 e. The highest BCUT2D eigenvalue weighted by molar-refractivity contribution is 5.77. The molecule has 2 aliphatic rings. The van der Waals surface area contributed by atoms with Gasteiger partial charge in [-0.1, -0.05) is 11.6 Å². The van der Waals surface area contributed by atoms with Crippen LogP contribution in [0.2, 0.25) is 0 Å². The van der Waals surface area contributed by atoms with E-state index >= 15 is 0 Å². The van der Waals surface area contributed by atoms with Gasteiger partial charge in [0, 0.05) is 6.42 Å². The first-order valence-electron chi connectivity index (χ1n) is 10.7. The predicted octanol–water partition coefficient (Wildman–Crippen LogP) is 1.41. The molecule has 3 rings (SSSR count). The van der Waals surface area contributed by atoms with Crippen LogP contribution >= 0.6 is 0 Å². The third-order valence-electron chi connectivity index (χ3n) is 5.77. The molecule has 5 atom stereocenters. The number of nitrogens with zero attached hydrogens (tertiary/aromatic N) is 3. The maximum atomic E-state index is 12.7. The fourth-order valence-corrected chi connectivity index (χ4v) is 4.32. The van der Waals surface area contributed by atoms with Crippen molar-refractivity contribution in [3.05, 3.63) is 5.82 Å². The molecule has 1 saturated heterocycles. The van der Waals surface area contributed by atoms with Crippen LogP contribution in [0.1, 0.15) is 59.6 Å². The molecule has 1 aliphatic carbocycles. The summed E-state index contributed by atoms with van der Waals surface area (Å²) in [5, 5.41) is 17.2. The van der Waals surface area contributed by atoms with Gasteiger partial charge in [0.15, 0.2) is 5.82 Å². The van der Waals surface area contributed by atoms with Crippen LogP contribution in [0.15, 0.2) is 0 Å². The molecule has 1 aliphatic heterocycles. The van der Waals surface area contributed by atoms with E-state index in [9.17, 15) is 9.59 Å². The Kier molecular flexibility index (Phi) is 6.86. The zero-order valence-corrected chi connectivity index (χ0v) is 16.6. The number of aromatic amines is 1. The first kappa shape index (κ1) is 19.3. The van der Waals surface area contributed by atoms with E-state index in [2.05, 4.69) is 25.9 Å². The van der Waals surface area contributed by atoms with E-state index in [1.807, 2.05) is 0 Å². The number of nitrogens with one attached hydrogen (secondary N) is 2. The molecule has 2 heterocycles. The van der Waals surface area contributed by atoms with Crippen molar-refractivity contribution in [1.82, 2.24) is 25.9 Å². The number of rotatable bonds is 8. The summed E-state index contributed by atoms with van der Waals surface area (Å²) in [4.78, 5) is 24.2. The minimum absolute atomic E-state index is 0.000129. The Morgan fingerprint density at radius 1 is 1.32 bits per heavy atom. The summed E-state index contributed by atoms with van der Waals surface area (Å²) in [5.41, 5.74) is 0. The normalized spacial score (nSPS) is 31.4. The second kappa shape index (κ2) is 9.95. The van der Waals surface area contributed by atoms with Gasteiger partial charge in [-0.05, 0) is 63.8 Å². The lowest BCUT2D eigenvalue weighted by molar-refractivity contribution is -0.157. The van der Waals surface area contributed by atoms with E-state index in [4.69, 9.17) is 10.8 Å². The van der Waals surface area contributed by atoms with Gasteiger partial charge in [0.2, 0.25) is 0 Å². The molecule has 9 heteroatoms. The van der Waals surface area contributed by atoms with Crippen LogP contribution in [-0.2, 0) is 25.5 Å². The van der Waals surface area contributed by atoms with Gasteiger partial charge in [0.25, 0.3) is 0 Å². The molecular weight excluding hydrogens is 362 g/mol. The second-order valence-electron chi connectivity index (χ2n) is 7.85. The van der Waals surface area contributed by atoms with Crippen LogP contribution in [0.5, 0.6) is 0 Å². The standard InChI is InChI=1S/C19H31N5O4/c1-3-27-18(25)8-12(2)28-19(26)16-10-15-9-13(4-6-14(15)11-20-16)5-7-17-21-23-24-22-17/h12-16,20H,3-11H2,1-2H3,(H,21,22,23,24)/t12-,13+,14-,15+,16-/m0/s1/i16D. The number of carbonyl (C=O) groups excluding carboxylic acids is 2. The van der Waals surface area contributed by atoms with E-state index < -0.39 is 24.1 Å². The molecule has 2 fully saturated rings. The van der Waals surface area contributed by atoms with E-state index in [1.54, 1.807) is 13.8 Å². The van der Waals surface area contributed by atoms with Gasteiger partial charge in [-0.2, -0.15) is 5.21 Å². The van der Waals surface area contributed by atoms with Crippen molar-refractivity contribution < 1.29 is 20.4 Å². The molecule has 9 nitrogen and oxygen atoms in total. The van der Waals surface area contributed by atoms with E-state index in [0.29, 0.717) is 37.3 Å². The van der Waals surface area contributed by atoms with Crippen LogP contribution in [0.4, 0.5) is 0 Å². The number of carbonyl (C=O) groups is 2. The molecule has 28 heavy (non-hydrogen) atoms. The monoisotopic (exact) mass is 394 g/mol. The van der Waals surface area contributed by atoms with Crippen molar-refractivity contribution in [1.29, 1.82) is 0 Å². The number of esters is 2. The molecular formula is C19H31N5O4. The molecule has 1 aromatic heterocycles. The summed E-state index contributed by atoms with van der Waals surface area (Å²) >= 11 is 0. The first-order chi connectivity index (χ1) is 13.9. The summed E-state index contributed by atoms with van der Waals surface area (Å²) in [5.74, 6) is 1.05. The molecule has 2 N–H and O–H groups in total. The number of hydrogen-bond donors (Lipinski definition) is 2. The van der Waals surface area contributed by atoms with Crippen LogP contribution in [-0.4, -0.2) is 57.8 Å².